The SMILES string of the molecule is Brc1cc2c(cc1Br)-c1cc(Br)c(Br)cc1-c1cc(Br)c(Br)cc1-c1cc(Br)c(Br)cc1-2. The maximum atomic E-state index is 3.72. The summed E-state index contributed by atoms with van der Waals surface area (Å²) in [6.07, 6.45) is 0. The largest absolute Gasteiger partial charge is 0.0496 e. The fourth-order valence-electron chi connectivity index (χ4n) is 3.97. The Bertz CT molecular complexity index is 1100. The second-order valence-corrected chi connectivity index (χ2v) is 14.1. The summed E-state index contributed by atoms with van der Waals surface area (Å²) in [6.45, 7) is 0. The Morgan fingerprint density at radius 3 is 0.406 bits per heavy atom. The van der Waals surface area contributed by atoms with Gasteiger partial charge in [-0.15, -0.1) is 0 Å². The van der Waals surface area contributed by atoms with Gasteiger partial charge in [0, 0.05) is 35.8 Å². The molecule has 4 aromatic carbocycles. The lowest BCUT2D eigenvalue weighted by atomic mass is 9.81. The van der Waals surface area contributed by atoms with Crippen LogP contribution in [0.4, 0.5) is 0 Å². The highest BCUT2D eigenvalue weighted by Crippen LogP contribution is 2.53. The minimum atomic E-state index is 1.01. The van der Waals surface area contributed by atoms with Gasteiger partial charge in [0.2, 0.25) is 0 Å². The van der Waals surface area contributed by atoms with E-state index in [1.165, 1.54) is 0 Å². The molecule has 0 heterocycles. The molecule has 1 aliphatic rings. The molecule has 0 radical (unpaired) electrons. The van der Waals surface area contributed by atoms with E-state index in [2.05, 4.69) is 176 Å². The first-order valence-electron chi connectivity index (χ1n) is 9.13. The summed E-state index contributed by atoms with van der Waals surface area (Å²) in [4.78, 5) is 0. The van der Waals surface area contributed by atoms with Crippen molar-refractivity contribution in [1.82, 2.24) is 0 Å². The summed E-state index contributed by atoms with van der Waals surface area (Å²) in [5.41, 5.74) is 9.25. The summed E-state index contributed by atoms with van der Waals surface area (Å²) < 4.78 is 8.09. The maximum Gasteiger partial charge on any atom is 0.0324 e. The molecule has 0 nitrogen and oxygen atoms in total. The van der Waals surface area contributed by atoms with Crippen LogP contribution in [0.15, 0.2) is 84.3 Å². The van der Waals surface area contributed by atoms with E-state index < -0.39 is 0 Å². The number of hydrogen-bond acceptors (Lipinski definition) is 0. The van der Waals surface area contributed by atoms with Crippen molar-refractivity contribution >= 4 is 127 Å². The Labute approximate surface area is 253 Å². The molecule has 0 aliphatic heterocycles. The first-order valence-corrected chi connectivity index (χ1v) is 15.5. The quantitative estimate of drug-likeness (QED) is 0.145. The Morgan fingerprint density at radius 1 is 0.219 bits per heavy atom. The molecule has 0 atom stereocenters. The van der Waals surface area contributed by atoms with E-state index in [4.69, 9.17) is 0 Å². The molecule has 160 valence electrons. The highest BCUT2D eigenvalue weighted by Gasteiger charge is 2.25. The van der Waals surface area contributed by atoms with Crippen molar-refractivity contribution in [2.75, 3.05) is 0 Å². The average molecular weight is 936 g/mol. The molecule has 4 aromatic rings. The third-order valence-electron chi connectivity index (χ3n) is 5.40. The van der Waals surface area contributed by atoms with Crippen LogP contribution in [-0.4, -0.2) is 0 Å². The molecule has 0 N–H and O–H groups in total. The third-order valence-corrected chi connectivity index (χ3v) is 12.8. The molecule has 0 spiro atoms. The van der Waals surface area contributed by atoms with Crippen LogP contribution in [0.2, 0.25) is 0 Å². The summed E-state index contributed by atoms with van der Waals surface area (Å²) in [7, 11) is 0. The number of halogens is 8. The molecule has 0 saturated heterocycles. The lowest BCUT2D eigenvalue weighted by molar-refractivity contribution is 1.45. The van der Waals surface area contributed by atoms with Gasteiger partial charge in [-0.1, -0.05) is 0 Å². The van der Waals surface area contributed by atoms with Crippen LogP contribution in [0.3, 0.4) is 0 Å². The fraction of sp³-hybridized carbons (Fsp3) is 0. The fourth-order valence-corrected chi connectivity index (χ4v) is 6.72. The molecule has 5 rings (SSSR count). The second kappa shape index (κ2) is 9.30. The van der Waals surface area contributed by atoms with E-state index in [1.807, 2.05) is 0 Å². The molecule has 0 fully saturated rings. The van der Waals surface area contributed by atoms with E-state index >= 15 is 0 Å². The molecule has 8 heteroatoms. The van der Waals surface area contributed by atoms with Gasteiger partial charge in [0.15, 0.2) is 0 Å². The zero-order valence-corrected chi connectivity index (χ0v) is 28.3. The molecular formula is C24H8Br8. The Hall–Kier alpha value is 0.720. The van der Waals surface area contributed by atoms with Crippen LogP contribution in [-0.2, 0) is 0 Å². The summed E-state index contributed by atoms with van der Waals surface area (Å²) in [6, 6.07) is 17.5. The zero-order chi connectivity index (χ0) is 22.9. The number of benzene rings is 4. The van der Waals surface area contributed by atoms with E-state index in [9.17, 15) is 0 Å². The molecule has 0 bridgehead atoms. The Balaban J connectivity index is 2.06. The van der Waals surface area contributed by atoms with Gasteiger partial charge in [-0.2, -0.15) is 0 Å². The highest BCUT2D eigenvalue weighted by atomic mass is 79.9. The summed E-state index contributed by atoms with van der Waals surface area (Å²) in [5, 5.41) is 0. The maximum absolute atomic E-state index is 3.72. The molecule has 0 saturated carbocycles. The minimum absolute atomic E-state index is 1.01. The van der Waals surface area contributed by atoms with Crippen LogP contribution in [0.25, 0.3) is 44.5 Å². The second-order valence-electron chi connectivity index (χ2n) is 7.25. The van der Waals surface area contributed by atoms with Crippen LogP contribution >= 0.6 is 127 Å². The van der Waals surface area contributed by atoms with Gasteiger partial charge >= 0.3 is 0 Å². The Kier molecular flexibility index (Phi) is 7.10. The number of hydrogen-bond donors (Lipinski definition) is 0. The van der Waals surface area contributed by atoms with Crippen molar-refractivity contribution < 1.29 is 0 Å². The predicted octanol–water partition coefficient (Wildman–Crippen LogP) is 12.8. The van der Waals surface area contributed by atoms with Crippen LogP contribution in [0.1, 0.15) is 0 Å². The monoisotopic (exact) mass is 927 g/mol. The van der Waals surface area contributed by atoms with Gasteiger partial charge in [0.25, 0.3) is 0 Å². The van der Waals surface area contributed by atoms with Crippen molar-refractivity contribution in [3.63, 3.8) is 0 Å². The van der Waals surface area contributed by atoms with Gasteiger partial charge < -0.3 is 0 Å². The lowest BCUT2D eigenvalue weighted by Crippen LogP contribution is -1.99. The summed E-state index contributed by atoms with van der Waals surface area (Å²) >= 11 is 29.8. The highest BCUT2D eigenvalue weighted by molar-refractivity contribution is 9.14. The van der Waals surface area contributed by atoms with Gasteiger partial charge in [-0.05, 0) is 220 Å². The topological polar surface area (TPSA) is 0 Å². The molecule has 32 heavy (non-hydrogen) atoms. The van der Waals surface area contributed by atoms with Gasteiger partial charge in [-0.25, -0.2) is 0 Å². The van der Waals surface area contributed by atoms with E-state index in [0.717, 1.165) is 80.3 Å². The molecule has 0 amide bonds. The molecule has 0 unspecified atom stereocenters. The van der Waals surface area contributed by atoms with Gasteiger partial charge in [-0.3, -0.25) is 0 Å². The van der Waals surface area contributed by atoms with Gasteiger partial charge in [0.1, 0.15) is 0 Å². The minimum Gasteiger partial charge on any atom is -0.0496 e. The molecule has 1 aliphatic carbocycles. The van der Waals surface area contributed by atoms with Crippen LogP contribution in [0.5, 0.6) is 0 Å². The first kappa shape index (κ1) is 24.4. The smallest absolute Gasteiger partial charge is 0.0324 e. The predicted molar refractivity (Wildman–Crippen MR) is 163 cm³/mol. The van der Waals surface area contributed by atoms with Crippen molar-refractivity contribution in [3.05, 3.63) is 84.3 Å². The number of rotatable bonds is 0. The van der Waals surface area contributed by atoms with Gasteiger partial charge in [0.05, 0.1) is 0 Å². The molecule has 0 aromatic heterocycles. The molecular weight excluding hydrogens is 927 g/mol. The van der Waals surface area contributed by atoms with E-state index in [1.54, 1.807) is 0 Å². The van der Waals surface area contributed by atoms with E-state index in [0.29, 0.717) is 0 Å². The van der Waals surface area contributed by atoms with Crippen LogP contribution in [0, 0.1) is 0 Å². The lowest BCUT2D eigenvalue weighted by Gasteiger charge is -2.25. The summed E-state index contributed by atoms with van der Waals surface area (Å²) in [5.74, 6) is 0. The van der Waals surface area contributed by atoms with Crippen molar-refractivity contribution in [2.45, 2.75) is 0 Å². The Morgan fingerprint density at radius 2 is 0.312 bits per heavy atom. The average Bonchev–Trinajstić information content (AvgIpc) is 2.74. The third kappa shape index (κ3) is 4.16. The number of fused-ring (bicyclic) bond motifs is 8. The van der Waals surface area contributed by atoms with E-state index in [-0.39, 0.29) is 0 Å². The van der Waals surface area contributed by atoms with Crippen molar-refractivity contribution in [2.24, 2.45) is 0 Å². The van der Waals surface area contributed by atoms with Crippen LogP contribution < -0.4 is 0 Å². The standard InChI is InChI=1S/C24H8Br8/c25-17-1-9-10(2-18(17)26)12-4-21(29)22(30)6-14(12)16-8-24(32)23(31)7-15(16)13-5-20(28)19(27)3-11(9)13/h1-8H. The van der Waals surface area contributed by atoms with Crippen molar-refractivity contribution in [1.29, 1.82) is 0 Å². The first-order chi connectivity index (χ1) is 15.2. The zero-order valence-electron chi connectivity index (χ0n) is 15.6. The normalized spacial score (nSPS) is 11.8. The van der Waals surface area contributed by atoms with Crippen molar-refractivity contribution in [3.8, 4) is 44.5 Å².